The Morgan fingerprint density at radius 3 is 2.93 bits per heavy atom. The zero-order valence-electron chi connectivity index (χ0n) is 15.8. The van der Waals surface area contributed by atoms with Crippen LogP contribution in [0, 0.1) is 6.92 Å². The van der Waals surface area contributed by atoms with Crippen LogP contribution in [-0.2, 0) is 0 Å². The van der Waals surface area contributed by atoms with Gasteiger partial charge in [-0.05, 0) is 50.1 Å². The number of carbonyl (C=O) groups is 1. The summed E-state index contributed by atoms with van der Waals surface area (Å²) >= 11 is 0. The van der Waals surface area contributed by atoms with Crippen LogP contribution in [0.3, 0.4) is 0 Å². The summed E-state index contributed by atoms with van der Waals surface area (Å²) in [6, 6.07) is 7.28. The van der Waals surface area contributed by atoms with Gasteiger partial charge in [-0.15, -0.1) is 0 Å². The SMILES string of the molecule is Cc1cncc(-c2ccc3c(n2)N(C(=O)Nc2ccncn2)[C@H](C)CCN3)c1. The lowest BCUT2D eigenvalue weighted by atomic mass is 10.1. The van der Waals surface area contributed by atoms with Gasteiger partial charge in [-0.1, -0.05) is 0 Å². The summed E-state index contributed by atoms with van der Waals surface area (Å²) in [5.41, 5.74) is 3.56. The smallest absolute Gasteiger partial charge is 0.328 e. The minimum atomic E-state index is -0.275. The maximum atomic E-state index is 13.1. The first kappa shape index (κ1) is 17.8. The normalized spacial score (nSPS) is 15.9. The number of nitrogens with zero attached hydrogens (tertiary/aromatic N) is 5. The maximum Gasteiger partial charge on any atom is 0.328 e. The second-order valence-corrected chi connectivity index (χ2v) is 6.78. The first-order valence-corrected chi connectivity index (χ1v) is 9.15. The molecule has 2 N–H and O–H groups in total. The van der Waals surface area contributed by atoms with Crippen LogP contribution in [0.15, 0.2) is 49.2 Å². The van der Waals surface area contributed by atoms with Gasteiger partial charge in [0.25, 0.3) is 0 Å². The number of urea groups is 1. The number of fused-ring (bicyclic) bond motifs is 1. The van der Waals surface area contributed by atoms with Crippen molar-refractivity contribution in [2.75, 3.05) is 22.1 Å². The lowest BCUT2D eigenvalue weighted by Crippen LogP contribution is -2.42. The number of aromatic nitrogens is 4. The Morgan fingerprint density at radius 1 is 1.25 bits per heavy atom. The number of anilines is 3. The highest BCUT2D eigenvalue weighted by Gasteiger charge is 2.28. The Labute approximate surface area is 163 Å². The largest absolute Gasteiger partial charge is 0.382 e. The number of rotatable bonds is 2. The summed E-state index contributed by atoms with van der Waals surface area (Å²) < 4.78 is 0. The van der Waals surface area contributed by atoms with E-state index in [1.54, 1.807) is 29.6 Å². The van der Waals surface area contributed by atoms with Gasteiger partial charge in [0, 0.05) is 36.7 Å². The number of nitrogens with one attached hydrogen (secondary N) is 2. The second kappa shape index (κ2) is 7.59. The Hall–Kier alpha value is -3.55. The molecule has 0 unspecified atom stereocenters. The molecule has 4 rings (SSSR count). The van der Waals surface area contributed by atoms with E-state index in [2.05, 4.69) is 25.6 Å². The van der Waals surface area contributed by atoms with Gasteiger partial charge in [0.2, 0.25) is 0 Å². The van der Waals surface area contributed by atoms with Gasteiger partial charge in [-0.2, -0.15) is 0 Å². The van der Waals surface area contributed by atoms with Gasteiger partial charge in [0.15, 0.2) is 5.82 Å². The Balaban J connectivity index is 1.73. The van der Waals surface area contributed by atoms with Gasteiger partial charge in [0.05, 0.1) is 11.4 Å². The summed E-state index contributed by atoms with van der Waals surface area (Å²) in [4.78, 5) is 31.8. The van der Waals surface area contributed by atoms with E-state index in [0.717, 1.165) is 35.5 Å². The monoisotopic (exact) mass is 375 g/mol. The van der Waals surface area contributed by atoms with Crippen LogP contribution in [0.5, 0.6) is 0 Å². The predicted octanol–water partition coefficient (Wildman–Crippen LogP) is 3.48. The number of hydrogen-bond acceptors (Lipinski definition) is 6. The zero-order chi connectivity index (χ0) is 19.5. The minimum absolute atomic E-state index is 0.0334. The predicted molar refractivity (Wildman–Crippen MR) is 108 cm³/mol. The first-order valence-electron chi connectivity index (χ1n) is 9.15. The summed E-state index contributed by atoms with van der Waals surface area (Å²) in [5, 5.41) is 6.20. The highest BCUT2D eigenvalue weighted by Crippen LogP contribution is 2.32. The first-order chi connectivity index (χ1) is 13.6. The van der Waals surface area contributed by atoms with Crippen LogP contribution in [0.4, 0.5) is 22.1 Å². The number of pyridine rings is 2. The van der Waals surface area contributed by atoms with Crippen molar-refractivity contribution in [1.82, 2.24) is 19.9 Å². The molecule has 0 radical (unpaired) electrons. The molecule has 0 saturated heterocycles. The average Bonchev–Trinajstić information content (AvgIpc) is 2.86. The molecule has 0 fully saturated rings. The molecule has 1 atom stereocenters. The Kier molecular flexibility index (Phi) is 4.84. The number of hydrogen-bond donors (Lipinski definition) is 2. The number of aryl methyl sites for hydroxylation is 1. The zero-order valence-corrected chi connectivity index (χ0v) is 15.8. The highest BCUT2D eigenvalue weighted by atomic mass is 16.2. The molecule has 0 bridgehead atoms. The molecule has 3 aromatic heterocycles. The van der Waals surface area contributed by atoms with Gasteiger partial charge < -0.3 is 5.32 Å². The fourth-order valence-corrected chi connectivity index (χ4v) is 3.21. The molecule has 3 aromatic rings. The van der Waals surface area contributed by atoms with Crippen LogP contribution in [-0.4, -0.2) is 38.6 Å². The van der Waals surface area contributed by atoms with Crippen molar-refractivity contribution < 1.29 is 4.79 Å². The minimum Gasteiger partial charge on any atom is -0.382 e. The van der Waals surface area contributed by atoms with Gasteiger partial charge >= 0.3 is 6.03 Å². The molecule has 1 aliphatic rings. The Morgan fingerprint density at radius 2 is 2.14 bits per heavy atom. The summed E-state index contributed by atoms with van der Waals surface area (Å²) in [6.45, 7) is 4.77. The molecule has 142 valence electrons. The van der Waals surface area contributed by atoms with Gasteiger partial charge in [-0.25, -0.2) is 19.7 Å². The van der Waals surface area contributed by atoms with E-state index in [-0.39, 0.29) is 12.1 Å². The van der Waals surface area contributed by atoms with Crippen LogP contribution in [0.1, 0.15) is 18.9 Å². The molecule has 1 aliphatic heterocycles. The summed E-state index contributed by atoms with van der Waals surface area (Å²) in [7, 11) is 0. The van der Waals surface area contributed by atoms with Crippen molar-refractivity contribution in [1.29, 1.82) is 0 Å². The second-order valence-electron chi connectivity index (χ2n) is 6.78. The lowest BCUT2D eigenvalue weighted by Gasteiger charge is -2.27. The van der Waals surface area contributed by atoms with Gasteiger partial charge in [0.1, 0.15) is 12.1 Å². The maximum absolute atomic E-state index is 13.1. The third-order valence-corrected chi connectivity index (χ3v) is 4.63. The topological polar surface area (TPSA) is 95.9 Å². The molecular weight excluding hydrogens is 354 g/mol. The molecule has 2 amide bonds. The van der Waals surface area contributed by atoms with Crippen molar-refractivity contribution in [3.63, 3.8) is 0 Å². The van der Waals surface area contributed by atoms with E-state index in [1.807, 2.05) is 32.0 Å². The summed E-state index contributed by atoms with van der Waals surface area (Å²) in [5.74, 6) is 1.04. The van der Waals surface area contributed by atoms with E-state index in [1.165, 1.54) is 6.33 Å². The van der Waals surface area contributed by atoms with Crippen molar-refractivity contribution in [2.24, 2.45) is 0 Å². The summed E-state index contributed by atoms with van der Waals surface area (Å²) in [6.07, 6.45) is 7.37. The molecule has 28 heavy (non-hydrogen) atoms. The van der Waals surface area contributed by atoms with Crippen LogP contribution in [0.2, 0.25) is 0 Å². The quantitative estimate of drug-likeness (QED) is 0.712. The average molecular weight is 375 g/mol. The third-order valence-electron chi connectivity index (χ3n) is 4.63. The van der Waals surface area contributed by atoms with Crippen LogP contribution < -0.4 is 15.5 Å². The van der Waals surface area contributed by atoms with Crippen molar-refractivity contribution in [3.05, 3.63) is 54.7 Å². The molecular formula is C20H21N7O. The fraction of sp³-hybridized carbons (Fsp3) is 0.250. The Bertz CT molecular complexity index is 993. The van der Waals surface area contributed by atoms with Gasteiger partial charge in [-0.3, -0.25) is 15.2 Å². The van der Waals surface area contributed by atoms with E-state index < -0.39 is 0 Å². The fourth-order valence-electron chi connectivity index (χ4n) is 3.21. The van der Waals surface area contributed by atoms with Crippen molar-refractivity contribution in [2.45, 2.75) is 26.3 Å². The van der Waals surface area contributed by atoms with Crippen LogP contribution >= 0.6 is 0 Å². The van der Waals surface area contributed by atoms with E-state index in [4.69, 9.17) is 4.98 Å². The molecule has 8 heteroatoms. The molecule has 4 heterocycles. The number of amides is 2. The van der Waals surface area contributed by atoms with Crippen molar-refractivity contribution >= 4 is 23.4 Å². The standard InChI is InChI=1S/C20H21N7O/c1-13-9-15(11-22-10-13)16-3-4-17-19(25-16)27(14(2)5-8-23-17)20(28)26-18-6-7-21-12-24-18/h3-4,6-7,9-12,14,23H,5,8H2,1-2H3,(H,21,24,26,28)/t14-/m1/s1. The molecule has 0 aromatic carbocycles. The molecule has 0 aliphatic carbocycles. The van der Waals surface area contributed by atoms with E-state index in [9.17, 15) is 4.79 Å². The van der Waals surface area contributed by atoms with E-state index >= 15 is 0 Å². The van der Waals surface area contributed by atoms with E-state index in [0.29, 0.717) is 11.6 Å². The molecule has 8 nitrogen and oxygen atoms in total. The van der Waals surface area contributed by atoms with Crippen LogP contribution in [0.25, 0.3) is 11.3 Å². The molecule has 0 saturated carbocycles. The molecule has 0 spiro atoms. The third kappa shape index (κ3) is 3.62. The lowest BCUT2D eigenvalue weighted by molar-refractivity contribution is 0.255. The number of carbonyl (C=O) groups excluding carboxylic acids is 1. The highest BCUT2D eigenvalue weighted by molar-refractivity contribution is 6.03. The van der Waals surface area contributed by atoms with Crippen molar-refractivity contribution in [3.8, 4) is 11.3 Å².